The molecule has 2 heterocycles. The zero-order valence-corrected chi connectivity index (χ0v) is 17.5. The maximum absolute atomic E-state index is 13.9. The van der Waals surface area contributed by atoms with Crippen LogP contribution >= 0.6 is 0 Å². The Bertz CT molecular complexity index is 1190. The molecule has 0 aliphatic carbocycles. The van der Waals surface area contributed by atoms with E-state index in [1.807, 2.05) is 29.2 Å². The van der Waals surface area contributed by atoms with Crippen molar-refractivity contribution in [3.63, 3.8) is 0 Å². The average Bonchev–Trinajstić information content (AvgIpc) is 3.26. The quantitative estimate of drug-likeness (QED) is 0.610. The van der Waals surface area contributed by atoms with Crippen LogP contribution in [-0.4, -0.2) is 49.1 Å². The number of carbonyl (C=O) groups is 1. The van der Waals surface area contributed by atoms with Crippen LogP contribution in [-0.2, 0) is 0 Å². The summed E-state index contributed by atoms with van der Waals surface area (Å²) in [6, 6.07) is 15.5. The summed E-state index contributed by atoms with van der Waals surface area (Å²) >= 11 is 0. The number of rotatable bonds is 5. The molecule has 1 aromatic heterocycles. The molecule has 0 saturated carbocycles. The Morgan fingerprint density at radius 2 is 1.84 bits per heavy atom. The van der Waals surface area contributed by atoms with Crippen LogP contribution in [0, 0.1) is 17.1 Å². The first-order valence-electron chi connectivity index (χ1n) is 10.1. The van der Waals surface area contributed by atoms with Crippen molar-refractivity contribution in [3.05, 3.63) is 77.1 Å². The molecule has 1 aliphatic heterocycles. The maximum Gasteiger partial charge on any atom is 0.256 e. The minimum atomic E-state index is -0.534. The Kier molecular flexibility index (Phi) is 6.17. The highest BCUT2D eigenvalue weighted by Gasteiger charge is 2.27. The predicted molar refractivity (Wildman–Crippen MR) is 118 cm³/mol. The Balaban J connectivity index is 1.46. The molecule has 0 bridgehead atoms. The van der Waals surface area contributed by atoms with Crippen molar-refractivity contribution in [3.8, 4) is 11.8 Å². The lowest BCUT2D eigenvalue weighted by Crippen LogP contribution is -2.49. The van der Waals surface area contributed by atoms with Crippen LogP contribution in [0.4, 0.5) is 10.3 Å². The lowest BCUT2D eigenvalue weighted by atomic mass is 10.1. The second-order valence-electron chi connectivity index (χ2n) is 7.15. The molecule has 0 spiro atoms. The van der Waals surface area contributed by atoms with Gasteiger partial charge in [0.25, 0.3) is 5.91 Å². The van der Waals surface area contributed by atoms with Gasteiger partial charge in [-0.05, 0) is 24.3 Å². The number of hydrogen-bond donors (Lipinski definition) is 0. The zero-order chi connectivity index (χ0) is 22.5. The number of ether oxygens (including phenoxy) is 1. The fourth-order valence-electron chi connectivity index (χ4n) is 3.57. The summed E-state index contributed by atoms with van der Waals surface area (Å²) in [5, 5.41) is 9.50. The van der Waals surface area contributed by atoms with E-state index in [2.05, 4.69) is 11.1 Å². The van der Waals surface area contributed by atoms with Gasteiger partial charge in [0.2, 0.25) is 17.5 Å². The molecule has 0 atom stereocenters. The first kappa shape index (κ1) is 21.1. The van der Waals surface area contributed by atoms with Gasteiger partial charge >= 0.3 is 0 Å². The van der Waals surface area contributed by atoms with E-state index in [9.17, 15) is 14.4 Å². The molecule has 3 aromatic rings. The molecular weight excluding hydrogens is 411 g/mol. The average molecular weight is 432 g/mol. The SMILES string of the molecule is COc1ccccc1/C=C/c1nc(C#N)c(N2CCN(C(=O)c3ccccc3F)CC2)o1. The minimum absolute atomic E-state index is 0.0575. The maximum atomic E-state index is 13.9. The molecule has 4 rings (SSSR count). The van der Waals surface area contributed by atoms with Gasteiger partial charge < -0.3 is 19.0 Å². The number of hydrogen-bond acceptors (Lipinski definition) is 6. The lowest BCUT2D eigenvalue weighted by molar-refractivity contribution is 0.0740. The number of amides is 1. The highest BCUT2D eigenvalue weighted by Crippen LogP contribution is 2.26. The molecule has 1 aliphatic rings. The van der Waals surface area contributed by atoms with Gasteiger partial charge in [0.05, 0.1) is 12.7 Å². The monoisotopic (exact) mass is 432 g/mol. The van der Waals surface area contributed by atoms with Gasteiger partial charge in [0.1, 0.15) is 17.6 Å². The van der Waals surface area contributed by atoms with Crippen LogP contribution in [0.3, 0.4) is 0 Å². The smallest absolute Gasteiger partial charge is 0.256 e. The van der Waals surface area contributed by atoms with Crippen LogP contribution in [0.2, 0.25) is 0 Å². The summed E-state index contributed by atoms with van der Waals surface area (Å²) in [5.41, 5.74) is 1.09. The molecule has 0 radical (unpaired) electrons. The van der Waals surface area contributed by atoms with Crippen LogP contribution in [0.15, 0.2) is 52.9 Å². The summed E-state index contributed by atoms with van der Waals surface area (Å²) in [4.78, 5) is 20.4. The topological polar surface area (TPSA) is 82.6 Å². The van der Waals surface area contributed by atoms with E-state index in [4.69, 9.17) is 9.15 Å². The van der Waals surface area contributed by atoms with Gasteiger partial charge in [-0.25, -0.2) is 4.39 Å². The summed E-state index contributed by atoms with van der Waals surface area (Å²) in [6.45, 7) is 1.65. The highest BCUT2D eigenvalue weighted by molar-refractivity contribution is 5.94. The molecule has 8 heteroatoms. The Morgan fingerprint density at radius 1 is 1.12 bits per heavy atom. The molecular formula is C24H21FN4O3. The van der Waals surface area contributed by atoms with Crippen molar-refractivity contribution < 1.29 is 18.3 Å². The summed E-state index contributed by atoms with van der Waals surface area (Å²) in [5.74, 6) is 0.499. The van der Waals surface area contributed by atoms with Gasteiger partial charge in [-0.1, -0.05) is 30.3 Å². The van der Waals surface area contributed by atoms with Crippen molar-refractivity contribution >= 4 is 23.9 Å². The molecule has 32 heavy (non-hydrogen) atoms. The Labute approximate surface area is 185 Å². The molecule has 0 unspecified atom stereocenters. The number of nitrogens with zero attached hydrogens (tertiary/aromatic N) is 4. The standard InChI is InChI=1S/C24H21FN4O3/c1-31-21-9-5-2-6-17(21)10-11-22-27-20(16-26)24(32-22)29-14-12-28(13-15-29)23(30)18-7-3-4-8-19(18)25/h2-11H,12-15H2,1H3/b11-10+. The molecule has 7 nitrogen and oxygen atoms in total. The van der Waals surface area contributed by atoms with Crippen LogP contribution in [0.5, 0.6) is 5.75 Å². The summed E-state index contributed by atoms with van der Waals surface area (Å²) in [7, 11) is 1.60. The van der Waals surface area contributed by atoms with Gasteiger partial charge in [0.15, 0.2) is 0 Å². The van der Waals surface area contributed by atoms with Gasteiger partial charge in [-0.15, -0.1) is 0 Å². The minimum Gasteiger partial charge on any atom is -0.496 e. The molecule has 162 valence electrons. The largest absolute Gasteiger partial charge is 0.496 e. The normalized spacial score (nSPS) is 13.9. The second-order valence-corrected chi connectivity index (χ2v) is 7.15. The first-order chi connectivity index (χ1) is 15.6. The zero-order valence-electron chi connectivity index (χ0n) is 17.5. The van der Waals surface area contributed by atoms with E-state index in [0.29, 0.717) is 43.7 Å². The van der Waals surface area contributed by atoms with E-state index in [1.165, 1.54) is 12.1 Å². The number of nitriles is 1. The lowest BCUT2D eigenvalue weighted by Gasteiger charge is -2.34. The Morgan fingerprint density at radius 3 is 2.56 bits per heavy atom. The number of anilines is 1. The molecule has 1 amide bonds. The molecule has 1 fully saturated rings. The number of carbonyl (C=O) groups excluding carboxylic acids is 1. The Hall–Kier alpha value is -4.12. The molecule has 1 saturated heterocycles. The van der Waals surface area contributed by atoms with Gasteiger partial charge in [-0.2, -0.15) is 10.2 Å². The summed E-state index contributed by atoms with van der Waals surface area (Å²) < 4.78 is 25.1. The molecule has 0 N–H and O–H groups in total. The molecule has 2 aromatic carbocycles. The number of benzene rings is 2. The summed E-state index contributed by atoms with van der Waals surface area (Å²) in [6.07, 6.45) is 3.49. The number of aromatic nitrogens is 1. The fraction of sp³-hybridized carbons (Fsp3) is 0.208. The van der Waals surface area contributed by atoms with E-state index >= 15 is 0 Å². The number of methoxy groups -OCH3 is 1. The van der Waals surface area contributed by atoms with E-state index in [-0.39, 0.29) is 17.2 Å². The second kappa shape index (κ2) is 9.35. The number of halogens is 1. The van der Waals surface area contributed by atoms with Crippen molar-refractivity contribution in [2.24, 2.45) is 0 Å². The first-order valence-corrected chi connectivity index (χ1v) is 10.1. The van der Waals surface area contributed by atoms with Crippen molar-refractivity contribution in [2.45, 2.75) is 0 Å². The van der Waals surface area contributed by atoms with Gasteiger partial charge in [-0.3, -0.25) is 4.79 Å². The van der Waals surface area contributed by atoms with E-state index in [1.54, 1.807) is 36.3 Å². The van der Waals surface area contributed by atoms with Crippen molar-refractivity contribution in [1.82, 2.24) is 9.88 Å². The third-order valence-corrected chi connectivity index (χ3v) is 5.23. The third kappa shape index (κ3) is 4.32. The number of oxazole rings is 1. The predicted octanol–water partition coefficient (Wildman–Crippen LogP) is 3.83. The van der Waals surface area contributed by atoms with Gasteiger partial charge in [0, 0.05) is 37.8 Å². The van der Waals surface area contributed by atoms with Crippen LogP contribution in [0.1, 0.15) is 27.5 Å². The van der Waals surface area contributed by atoms with E-state index in [0.717, 1.165) is 5.56 Å². The fourth-order valence-corrected chi connectivity index (χ4v) is 3.57. The number of piperazine rings is 1. The highest BCUT2D eigenvalue weighted by atomic mass is 19.1. The van der Waals surface area contributed by atoms with E-state index < -0.39 is 5.82 Å². The van der Waals surface area contributed by atoms with Crippen molar-refractivity contribution in [2.75, 3.05) is 38.2 Å². The number of para-hydroxylation sites is 1. The van der Waals surface area contributed by atoms with Crippen molar-refractivity contribution in [1.29, 1.82) is 5.26 Å². The third-order valence-electron chi connectivity index (χ3n) is 5.23. The van der Waals surface area contributed by atoms with Crippen LogP contribution in [0.25, 0.3) is 12.2 Å². The van der Waals surface area contributed by atoms with Crippen LogP contribution < -0.4 is 9.64 Å².